The van der Waals surface area contributed by atoms with E-state index in [0.717, 1.165) is 25.2 Å². The van der Waals surface area contributed by atoms with Crippen LogP contribution in [0.1, 0.15) is 49.1 Å². The van der Waals surface area contributed by atoms with Crippen LogP contribution in [0.3, 0.4) is 0 Å². The van der Waals surface area contributed by atoms with E-state index >= 15 is 0 Å². The van der Waals surface area contributed by atoms with Gasteiger partial charge >= 0.3 is 6.09 Å². The Labute approximate surface area is 120 Å². The molecule has 0 radical (unpaired) electrons. The Kier molecular flexibility index (Phi) is 3.95. The topological polar surface area (TPSA) is 40.5 Å². The highest BCUT2D eigenvalue weighted by Crippen LogP contribution is 2.40. The third-order valence-corrected chi connectivity index (χ3v) is 4.75. The summed E-state index contributed by atoms with van der Waals surface area (Å²) in [5.74, 6) is 1.53. The van der Waals surface area contributed by atoms with Crippen LogP contribution in [0.5, 0.6) is 0 Å². The lowest BCUT2D eigenvalue weighted by Gasteiger charge is -2.29. The summed E-state index contributed by atoms with van der Waals surface area (Å²) in [7, 11) is 0. The average Bonchev–Trinajstić information content (AvgIpc) is 3.31. The number of piperidine rings is 1. The number of amides is 1. The van der Waals surface area contributed by atoms with E-state index in [1.54, 1.807) is 4.90 Å². The van der Waals surface area contributed by atoms with Crippen molar-refractivity contribution >= 4 is 6.09 Å². The van der Waals surface area contributed by atoms with Crippen molar-refractivity contribution in [1.82, 2.24) is 4.90 Å². The van der Waals surface area contributed by atoms with Crippen molar-refractivity contribution in [2.45, 2.75) is 44.4 Å². The monoisotopic (exact) mass is 273 g/mol. The summed E-state index contributed by atoms with van der Waals surface area (Å²) >= 11 is 0. The van der Waals surface area contributed by atoms with Gasteiger partial charge in [-0.2, -0.15) is 0 Å². The number of rotatable bonds is 4. The van der Waals surface area contributed by atoms with Gasteiger partial charge in [0, 0.05) is 13.1 Å². The van der Waals surface area contributed by atoms with Crippen molar-refractivity contribution in [1.29, 1.82) is 0 Å². The Morgan fingerprint density at radius 1 is 1.10 bits per heavy atom. The molecule has 1 N–H and O–H groups in total. The molecule has 1 aliphatic carbocycles. The number of carbonyl (C=O) groups is 1. The molecule has 0 bridgehead atoms. The van der Waals surface area contributed by atoms with E-state index in [2.05, 4.69) is 24.3 Å². The van der Waals surface area contributed by atoms with E-state index in [9.17, 15) is 4.79 Å². The Morgan fingerprint density at radius 2 is 1.75 bits per heavy atom. The fourth-order valence-corrected chi connectivity index (χ4v) is 3.16. The number of benzene rings is 1. The molecule has 1 saturated heterocycles. The molecular formula is C17H23NO2. The Bertz CT molecular complexity index is 456. The Balaban J connectivity index is 1.44. The van der Waals surface area contributed by atoms with Crippen LogP contribution in [-0.4, -0.2) is 29.2 Å². The van der Waals surface area contributed by atoms with Crippen LogP contribution < -0.4 is 0 Å². The first-order valence-corrected chi connectivity index (χ1v) is 7.79. The molecule has 108 valence electrons. The molecule has 20 heavy (non-hydrogen) atoms. The lowest BCUT2D eigenvalue weighted by atomic mass is 9.90. The van der Waals surface area contributed by atoms with Gasteiger partial charge in [0.1, 0.15) is 0 Å². The van der Waals surface area contributed by atoms with Gasteiger partial charge in [-0.25, -0.2) is 4.79 Å². The van der Waals surface area contributed by atoms with Crippen LogP contribution in [0.15, 0.2) is 24.3 Å². The van der Waals surface area contributed by atoms with E-state index in [-0.39, 0.29) is 0 Å². The summed E-state index contributed by atoms with van der Waals surface area (Å²) in [6, 6.07) is 9.14. The molecule has 1 aromatic rings. The molecule has 3 heteroatoms. The number of likely N-dealkylation sites (tertiary alicyclic amines) is 1. The lowest BCUT2D eigenvalue weighted by Crippen LogP contribution is -2.37. The second kappa shape index (κ2) is 5.86. The molecule has 1 amide bonds. The predicted octanol–water partition coefficient (Wildman–Crippen LogP) is 3.89. The summed E-state index contributed by atoms with van der Waals surface area (Å²) in [6.45, 7) is 1.42. The van der Waals surface area contributed by atoms with Crippen molar-refractivity contribution in [3.05, 3.63) is 35.4 Å². The minimum atomic E-state index is -0.765. The molecule has 0 atom stereocenters. The van der Waals surface area contributed by atoms with Gasteiger partial charge in [-0.15, -0.1) is 0 Å². The van der Waals surface area contributed by atoms with Gasteiger partial charge in [-0.05, 0) is 61.5 Å². The molecule has 2 aliphatic rings. The van der Waals surface area contributed by atoms with Crippen molar-refractivity contribution in [3.8, 4) is 0 Å². The summed E-state index contributed by atoms with van der Waals surface area (Å²) < 4.78 is 0. The summed E-state index contributed by atoms with van der Waals surface area (Å²) in [5.41, 5.74) is 2.93. The van der Waals surface area contributed by atoms with E-state index in [1.165, 1.54) is 30.4 Å². The quantitative estimate of drug-likeness (QED) is 0.904. The summed E-state index contributed by atoms with van der Waals surface area (Å²) in [6.07, 6.45) is 6.32. The standard InChI is InChI=1S/C17H23NO2/c19-17(20)18-11-9-14(10-12-18)2-1-13-3-5-15(6-4-13)16-7-8-16/h3-6,14,16H,1-2,7-12H2,(H,19,20). The zero-order valence-electron chi connectivity index (χ0n) is 11.9. The maximum absolute atomic E-state index is 10.9. The fourth-order valence-electron chi connectivity index (χ4n) is 3.16. The van der Waals surface area contributed by atoms with Crippen LogP contribution in [0, 0.1) is 5.92 Å². The van der Waals surface area contributed by atoms with Crippen molar-refractivity contribution in [3.63, 3.8) is 0 Å². The number of nitrogens with zero attached hydrogens (tertiary/aromatic N) is 1. The molecule has 1 heterocycles. The normalized spacial score (nSPS) is 20.1. The number of aryl methyl sites for hydroxylation is 1. The van der Waals surface area contributed by atoms with Crippen LogP contribution in [0.4, 0.5) is 4.79 Å². The van der Waals surface area contributed by atoms with E-state index < -0.39 is 6.09 Å². The highest BCUT2D eigenvalue weighted by atomic mass is 16.4. The Hall–Kier alpha value is -1.51. The average molecular weight is 273 g/mol. The highest BCUT2D eigenvalue weighted by molar-refractivity contribution is 5.64. The zero-order valence-corrected chi connectivity index (χ0v) is 11.9. The predicted molar refractivity (Wildman–Crippen MR) is 79.1 cm³/mol. The lowest BCUT2D eigenvalue weighted by molar-refractivity contribution is 0.123. The van der Waals surface area contributed by atoms with Crippen LogP contribution >= 0.6 is 0 Å². The third kappa shape index (κ3) is 3.33. The SMILES string of the molecule is O=C(O)N1CCC(CCc2ccc(C3CC3)cc2)CC1. The van der Waals surface area contributed by atoms with Gasteiger partial charge in [0.15, 0.2) is 0 Å². The smallest absolute Gasteiger partial charge is 0.407 e. The maximum Gasteiger partial charge on any atom is 0.407 e. The molecular weight excluding hydrogens is 250 g/mol. The largest absolute Gasteiger partial charge is 0.465 e. The van der Waals surface area contributed by atoms with Gasteiger partial charge in [0.2, 0.25) is 0 Å². The van der Waals surface area contributed by atoms with E-state index in [4.69, 9.17) is 5.11 Å². The summed E-state index contributed by atoms with van der Waals surface area (Å²) in [5, 5.41) is 8.93. The molecule has 0 aromatic heterocycles. The van der Waals surface area contributed by atoms with Gasteiger partial charge in [-0.1, -0.05) is 24.3 Å². The van der Waals surface area contributed by atoms with Crippen molar-refractivity contribution in [2.75, 3.05) is 13.1 Å². The van der Waals surface area contributed by atoms with Crippen molar-refractivity contribution < 1.29 is 9.90 Å². The van der Waals surface area contributed by atoms with Gasteiger partial charge in [-0.3, -0.25) is 0 Å². The zero-order chi connectivity index (χ0) is 13.9. The number of hydrogen-bond acceptors (Lipinski definition) is 1. The minimum Gasteiger partial charge on any atom is -0.465 e. The molecule has 0 spiro atoms. The van der Waals surface area contributed by atoms with Crippen LogP contribution in [-0.2, 0) is 6.42 Å². The van der Waals surface area contributed by atoms with E-state index in [1.807, 2.05) is 0 Å². The van der Waals surface area contributed by atoms with Crippen LogP contribution in [0.2, 0.25) is 0 Å². The number of hydrogen-bond donors (Lipinski definition) is 1. The molecule has 3 nitrogen and oxygen atoms in total. The minimum absolute atomic E-state index is 0.689. The fraction of sp³-hybridized carbons (Fsp3) is 0.588. The molecule has 1 aliphatic heterocycles. The second-order valence-corrected chi connectivity index (χ2v) is 6.27. The van der Waals surface area contributed by atoms with Crippen LogP contribution in [0.25, 0.3) is 0 Å². The molecule has 1 saturated carbocycles. The highest BCUT2D eigenvalue weighted by Gasteiger charge is 2.23. The first kappa shape index (κ1) is 13.5. The first-order chi connectivity index (χ1) is 9.72. The molecule has 1 aromatic carbocycles. The van der Waals surface area contributed by atoms with Gasteiger partial charge < -0.3 is 10.0 Å². The number of carboxylic acid groups (broad SMARTS) is 1. The molecule has 2 fully saturated rings. The summed E-state index contributed by atoms with van der Waals surface area (Å²) in [4.78, 5) is 12.4. The molecule has 0 unspecified atom stereocenters. The van der Waals surface area contributed by atoms with E-state index in [0.29, 0.717) is 19.0 Å². The Morgan fingerprint density at radius 3 is 2.30 bits per heavy atom. The maximum atomic E-state index is 10.9. The first-order valence-electron chi connectivity index (χ1n) is 7.79. The van der Waals surface area contributed by atoms with Gasteiger partial charge in [0.05, 0.1) is 0 Å². The van der Waals surface area contributed by atoms with Crippen molar-refractivity contribution in [2.24, 2.45) is 5.92 Å². The molecule has 3 rings (SSSR count). The second-order valence-electron chi connectivity index (χ2n) is 6.27. The van der Waals surface area contributed by atoms with Gasteiger partial charge in [0.25, 0.3) is 0 Å². The third-order valence-electron chi connectivity index (χ3n) is 4.75.